The van der Waals surface area contributed by atoms with Gasteiger partial charge in [0.2, 0.25) is 0 Å². The topological polar surface area (TPSA) is 116 Å². The Hall–Kier alpha value is -3.64. The summed E-state index contributed by atoms with van der Waals surface area (Å²) < 4.78 is 30.3. The lowest BCUT2D eigenvalue weighted by Crippen LogP contribution is -2.50. The first-order chi connectivity index (χ1) is 23.2. The summed E-state index contributed by atoms with van der Waals surface area (Å²) >= 11 is 0. The van der Waals surface area contributed by atoms with Crippen LogP contribution in [-0.2, 0) is 46.4 Å². The number of carbonyl (C=O) groups is 2. The van der Waals surface area contributed by atoms with Crippen LogP contribution in [0.3, 0.4) is 0 Å². The number of ether oxygens (including phenoxy) is 5. The van der Waals surface area contributed by atoms with E-state index in [0.29, 0.717) is 19.8 Å². The summed E-state index contributed by atoms with van der Waals surface area (Å²) in [7, 11) is 0. The van der Waals surface area contributed by atoms with Crippen LogP contribution in [0.15, 0.2) is 72.8 Å². The third-order valence-electron chi connectivity index (χ3n) is 9.67. The minimum absolute atomic E-state index is 0.00511. The van der Waals surface area contributed by atoms with E-state index in [1.54, 1.807) is 6.92 Å². The molecule has 256 valence electrons. The number of nitrogens with one attached hydrogen (secondary N) is 1. The number of amides is 1. The quantitative estimate of drug-likeness (QED) is 0.289. The lowest BCUT2D eigenvalue weighted by Gasteiger charge is -2.44. The number of hydrogen-bond donors (Lipinski definition) is 2. The normalized spacial score (nSPS) is 24.7. The van der Waals surface area contributed by atoms with E-state index < -0.39 is 24.2 Å². The number of piperidine rings is 1. The van der Waals surface area contributed by atoms with Crippen LogP contribution >= 0.6 is 0 Å². The largest absolute Gasteiger partial charge is 0.453 e. The summed E-state index contributed by atoms with van der Waals surface area (Å²) in [5, 5.41) is 12.5. The Balaban J connectivity index is 1.18. The van der Waals surface area contributed by atoms with Crippen LogP contribution in [0.25, 0.3) is 11.1 Å². The van der Waals surface area contributed by atoms with E-state index in [2.05, 4.69) is 17.1 Å². The van der Waals surface area contributed by atoms with Crippen LogP contribution in [0.5, 0.6) is 0 Å². The predicted molar refractivity (Wildman–Crippen MR) is 178 cm³/mol. The van der Waals surface area contributed by atoms with E-state index in [4.69, 9.17) is 23.7 Å². The Bertz CT molecular complexity index is 1530. The third-order valence-corrected chi connectivity index (χ3v) is 9.67. The molecule has 3 aromatic carbocycles. The van der Waals surface area contributed by atoms with Crippen LogP contribution < -0.4 is 5.32 Å². The lowest BCUT2D eigenvalue weighted by molar-refractivity contribution is -0.278. The Labute approximate surface area is 282 Å². The standard InChI is InChI=1S/C38H46N2O8/c1-25-34(23-40-18-16-38(17-19-40)44-20-21-45-38)47-37(48-35(25)30-10-8-28(24-41)9-11-30)31-14-12-29(13-15-31)33-7-5-4-6-32(33)22-39-36(43)26(2)46-27(3)42/h4-15,25-26,34-35,37,41H,16-24H2,1-3H3,(H,39,43). The minimum atomic E-state index is -0.866. The van der Waals surface area contributed by atoms with Gasteiger partial charge in [0.05, 0.1) is 32.0 Å². The number of aliphatic hydroxyl groups is 1. The molecule has 5 atom stereocenters. The summed E-state index contributed by atoms with van der Waals surface area (Å²) in [6, 6.07) is 24.0. The molecule has 2 N–H and O–H groups in total. The van der Waals surface area contributed by atoms with E-state index in [1.165, 1.54) is 6.92 Å². The van der Waals surface area contributed by atoms with E-state index >= 15 is 0 Å². The van der Waals surface area contributed by atoms with Crippen LogP contribution in [0.4, 0.5) is 0 Å². The predicted octanol–water partition coefficient (Wildman–Crippen LogP) is 5.04. The maximum atomic E-state index is 12.5. The van der Waals surface area contributed by atoms with Gasteiger partial charge in [0.1, 0.15) is 0 Å². The molecule has 3 fully saturated rings. The van der Waals surface area contributed by atoms with Gasteiger partial charge in [-0.2, -0.15) is 0 Å². The average Bonchev–Trinajstić information content (AvgIpc) is 3.57. The van der Waals surface area contributed by atoms with Crippen LogP contribution in [0, 0.1) is 5.92 Å². The molecule has 3 heterocycles. The molecule has 0 saturated carbocycles. The lowest BCUT2D eigenvalue weighted by atomic mass is 9.89. The number of benzene rings is 3. The van der Waals surface area contributed by atoms with Gasteiger partial charge >= 0.3 is 5.97 Å². The molecule has 3 aliphatic heterocycles. The second-order valence-electron chi connectivity index (χ2n) is 13.0. The molecule has 0 aliphatic carbocycles. The van der Waals surface area contributed by atoms with Crippen molar-refractivity contribution in [1.82, 2.24) is 10.2 Å². The molecular weight excluding hydrogens is 612 g/mol. The highest BCUT2D eigenvalue weighted by Gasteiger charge is 2.43. The molecular formula is C38H46N2O8. The monoisotopic (exact) mass is 658 g/mol. The molecule has 1 spiro atoms. The van der Waals surface area contributed by atoms with Crippen LogP contribution in [0.2, 0.25) is 0 Å². The number of nitrogens with zero attached hydrogens (tertiary/aromatic N) is 1. The van der Waals surface area contributed by atoms with Gasteiger partial charge in [0.15, 0.2) is 18.2 Å². The first-order valence-electron chi connectivity index (χ1n) is 16.9. The SMILES string of the molecule is CC(=O)OC(C)C(=O)NCc1ccccc1-c1ccc(C2OC(CN3CCC4(CC3)OCCO4)C(C)C(c3ccc(CO)cc3)O2)cc1. The van der Waals surface area contributed by atoms with Crippen molar-refractivity contribution in [3.63, 3.8) is 0 Å². The zero-order chi connectivity index (χ0) is 33.7. The first kappa shape index (κ1) is 34.2. The first-order valence-corrected chi connectivity index (χ1v) is 16.9. The molecule has 6 rings (SSSR count). The van der Waals surface area contributed by atoms with Gasteiger partial charge in [-0.05, 0) is 34.7 Å². The molecule has 3 aromatic rings. The molecule has 10 nitrogen and oxygen atoms in total. The minimum Gasteiger partial charge on any atom is -0.453 e. The fourth-order valence-electron chi connectivity index (χ4n) is 6.85. The van der Waals surface area contributed by atoms with Crippen molar-refractivity contribution in [1.29, 1.82) is 0 Å². The van der Waals surface area contributed by atoms with Crippen molar-refractivity contribution < 1.29 is 38.4 Å². The number of likely N-dealkylation sites (tertiary alicyclic amines) is 1. The molecule has 10 heteroatoms. The van der Waals surface area contributed by atoms with Crippen molar-refractivity contribution in [2.45, 2.75) is 77.2 Å². The summed E-state index contributed by atoms with van der Waals surface area (Å²) in [6.45, 7) is 9.18. The molecule has 0 radical (unpaired) electrons. The van der Waals surface area contributed by atoms with Gasteiger partial charge in [-0.25, -0.2) is 0 Å². The number of hydrogen-bond acceptors (Lipinski definition) is 9. The fourth-order valence-corrected chi connectivity index (χ4v) is 6.85. The van der Waals surface area contributed by atoms with Crippen molar-refractivity contribution >= 4 is 11.9 Å². The summed E-state index contributed by atoms with van der Waals surface area (Å²) in [5.74, 6) is -1.19. The maximum Gasteiger partial charge on any atom is 0.303 e. The van der Waals surface area contributed by atoms with E-state index in [-0.39, 0.29) is 30.6 Å². The number of aliphatic hydroxyl groups excluding tert-OH is 1. The van der Waals surface area contributed by atoms with Crippen molar-refractivity contribution in [2.75, 3.05) is 32.8 Å². The second-order valence-corrected chi connectivity index (χ2v) is 13.0. The van der Waals surface area contributed by atoms with E-state index in [1.807, 2.05) is 72.8 Å². The van der Waals surface area contributed by atoms with E-state index in [0.717, 1.165) is 65.9 Å². The number of carbonyl (C=O) groups excluding carboxylic acids is 2. The summed E-state index contributed by atoms with van der Waals surface area (Å²) in [5.41, 5.74) is 5.75. The molecule has 3 saturated heterocycles. The third kappa shape index (κ3) is 7.97. The highest BCUT2D eigenvalue weighted by molar-refractivity contribution is 5.83. The number of rotatable bonds is 10. The Morgan fingerprint density at radius 3 is 2.29 bits per heavy atom. The van der Waals surface area contributed by atoms with Crippen molar-refractivity contribution in [3.05, 3.63) is 95.1 Å². The van der Waals surface area contributed by atoms with Gasteiger partial charge in [-0.3, -0.25) is 9.59 Å². The second kappa shape index (κ2) is 15.3. The smallest absolute Gasteiger partial charge is 0.303 e. The Morgan fingerprint density at radius 2 is 1.62 bits per heavy atom. The molecule has 48 heavy (non-hydrogen) atoms. The Kier molecular flexibility index (Phi) is 10.9. The fraction of sp³-hybridized carbons (Fsp3) is 0.474. The van der Waals surface area contributed by atoms with Crippen LogP contribution in [-0.4, -0.2) is 72.7 Å². The van der Waals surface area contributed by atoms with Gasteiger partial charge in [-0.1, -0.05) is 79.7 Å². The zero-order valence-electron chi connectivity index (χ0n) is 27.9. The Morgan fingerprint density at radius 1 is 0.958 bits per heavy atom. The zero-order valence-corrected chi connectivity index (χ0v) is 27.9. The van der Waals surface area contributed by atoms with Crippen LogP contribution in [0.1, 0.15) is 68.3 Å². The molecule has 0 bridgehead atoms. The van der Waals surface area contributed by atoms with Crippen molar-refractivity contribution in [3.8, 4) is 11.1 Å². The van der Waals surface area contributed by atoms with Gasteiger partial charge in [0.25, 0.3) is 5.91 Å². The van der Waals surface area contributed by atoms with E-state index in [9.17, 15) is 14.7 Å². The molecule has 1 amide bonds. The highest BCUT2D eigenvalue weighted by Crippen LogP contribution is 2.43. The maximum absolute atomic E-state index is 12.5. The highest BCUT2D eigenvalue weighted by atomic mass is 16.7. The van der Waals surface area contributed by atoms with Gasteiger partial charge in [-0.15, -0.1) is 0 Å². The molecule has 3 aliphatic rings. The molecule has 5 unspecified atom stereocenters. The van der Waals surface area contributed by atoms with Crippen molar-refractivity contribution in [2.24, 2.45) is 5.92 Å². The summed E-state index contributed by atoms with van der Waals surface area (Å²) in [6.07, 6.45) is -0.0239. The van der Waals surface area contributed by atoms with Gasteiger partial charge in [0, 0.05) is 57.4 Å². The summed E-state index contributed by atoms with van der Waals surface area (Å²) in [4.78, 5) is 26.2. The molecule has 0 aromatic heterocycles. The van der Waals surface area contributed by atoms with Gasteiger partial charge < -0.3 is 39.0 Å². The average molecular weight is 659 g/mol. The number of esters is 1.